The van der Waals surface area contributed by atoms with Gasteiger partial charge in [0.05, 0.1) is 5.92 Å². The maximum Gasteiger partial charge on any atom is 0.313 e. The number of ether oxygens (including phenoxy) is 1. The van der Waals surface area contributed by atoms with E-state index in [1.807, 2.05) is 36.4 Å². The molecule has 0 amide bonds. The van der Waals surface area contributed by atoms with Crippen molar-refractivity contribution in [1.29, 1.82) is 0 Å². The second-order valence-electron chi connectivity index (χ2n) is 9.52. The summed E-state index contributed by atoms with van der Waals surface area (Å²) in [5.74, 6) is -0.0654. The van der Waals surface area contributed by atoms with Gasteiger partial charge in [-0.3, -0.25) is 14.4 Å². The minimum absolute atomic E-state index is 0.108. The summed E-state index contributed by atoms with van der Waals surface area (Å²) in [5, 5.41) is 1.95. The van der Waals surface area contributed by atoms with Crippen LogP contribution in [0.4, 0.5) is 0 Å². The molecule has 0 fully saturated rings. The first kappa shape index (κ1) is 25.4. The van der Waals surface area contributed by atoms with Gasteiger partial charge < -0.3 is 9.30 Å². The Morgan fingerprint density at radius 2 is 1.36 bits per heavy atom. The van der Waals surface area contributed by atoms with Gasteiger partial charge in [0.15, 0.2) is 11.6 Å². The number of ketones is 2. The van der Waals surface area contributed by atoms with Crippen LogP contribution in [-0.4, -0.2) is 22.1 Å². The molecule has 5 nitrogen and oxygen atoms in total. The number of Topliss-reactive ketones (excluding diaryl/α,β-unsaturated/α-hetero) is 1. The summed E-state index contributed by atoms with van der Waals surface area (Å²) in [6, 6.07) is 18.3. The highest BCUT2D eigenvalue weighted by Crippen LogP contribution is 2.32. The number of aryl methyl sites for hydroxylation is 1. The highest BCUT2D eigenvalue weighted by Gasteiger charge is 2.17. The minimum atomic E-state index is -0.310. The zero-order valence-electron chi connectivity index (χ0n) is 21.5. The normalized spacial score (nSPS) is 11.4. The summed E-state index contributed by atoms with van der Waals surface area (Å²) in [6.45, 7) is 8.56. The Morgan fingerprint density at radius 1 is 0.778 bits per heavy atom. The number of carbonyl (C=O) groups is 3. The summed E-state index contributed by atoms with van der Waals surface area (Å²) in [7, 11) is 0. The van der Waals surface area contributed by atoms with Gasteiger partial charge in [0.25, 0.3) is 0 Å². The van der Waals surface area contributed by atoms with Crippen LogP contribution < -0.4 is 4.74 Å². The van der Waals surface area contributed by atoms with Gasteiger partial charge in [-0.15, -0.1) is 0 Å². The van der Waals surface area contributed by atoms with Gasteiger partial charge in [0.2, 0.25) is 0 Å². The molecule has 4 rings (SSSR count). The lowest BCUT2D eigenvalue weighted by atomic mass is 9.99. The Morgan fingerprint density at radius 3 is 1.94 bits per heavy atom. The van der Waals surface area contributed by atoms with E-state index in [0.29, 0.717) is 23.3 Å². The third kappa shape index (κ3) is 5.11. The van der Waals surface area contributed by atoms with Crippen LogP contribution in [0.2, 0.25) is 0 Å². The second kappa shape index (κ2) is 10.9. The third-order valence-corrected chi connectivity index (χ3v) is 6.58. The largest absolute Gasteiger partial charge is 0.426 e. The number of rotatable bonds is 10. The molecule has 4 aromatic rings. The number of aromatic nitrogens is 1. The first-order chi connectivity index (χ1) is 17.3. The van der Waals surface area contributed by atoms with Gasteiger partial charge >= 0.3 is 5.97 Å². The summed E-state index contributed by atoms with van der Waals surface area (Å²) >= 11 is 0. The molecule has 186 valence electrons. The van der Waals surface area contributed by atoms with Crippen LogP contribution >= 0.6 is 0 Å². The van der Waals surface area contributed by atoms with E-state index in [2.05, 4.69) is 18.4 Å². The Balaban J connectivity index is 1.68. The molecule has 0 unspecified atom stereocenters. The quantitative estimate of drug-likeness (QED) is 0.102. The lowest BCUT2D eigenvalue weighted by molar-refractivity contribution is -0.137. The van der Waals surface area contributed by atoms with Crippen molar-refractivity contribution in [3.8, 4) is 5.75 Å². The van der Waals surface area contributed by atoms with E-state index in [9.17, 15) is 14.4 Å². The summed E-state index contributed by atoms with van der Waals surface area (Å²) in [6.07, 6.45) is 3.59. The van der Waals surface area contributed by atoms with E-state index in [1.54, 1.807) is 38.1 Å². The van der Waals surface area contributed by atoms with Crippen molar-refractivity contribution < 1.29 is 19.1 Å². The smallest absolute Gasteiger partial charge is 0.313 e. The summed E-state index contributed by atoms with van der Waals surface area (Å²) in [5.41, 5.74) is 3.90. The number of esters is 1. The number of fused-ring (bicyclic) bond motifs is 3. The van der Waals surface area contributed by atoms with Crippen LogP contribution in [0, 0.1) is 5.92 Å². The minimum Gasteiger partial charge on any atom is -0.426 e. The molecular weight excluding hydrogens is 450 g/mol. The average molecular weight is 484 g/mol. The molecule has 0 N–H and O–H groups in total. The number of hydrogen-bond donors (Lipinski definition) is 0. The molecule has 0 spiro atoms. The molecule has 5 heteroatoms. The van der Waals surface area contributed by atoms with Gasteiger partial charge in [0, 0.05) is 51.5 Å². The summed E-state index contributed by atoms with van der Waals surface area (Å²) < 4.78 is 7.53. The van der Waals surface area contributed by atoms with Crippen molar-refractivity contribution in [3.63, 3.8) is 0 Å². The van der Waals surface area contributed by atoms with Crippen LogP contribution in [0.5, 0.6) is 5.75 Å². The van der Waals surface area contributed by atoms with E-state index in [-0.39, 0.29) is 23.5 Å². The second-order valence-corrected chi connectivity index (χ2v) is 9.52. The average Bonchev–Trinajstić information content (AvgIpc) is 3.20. The predicted octanol–water partition coefficient (Wildman–Crippen LogP) is 7.37. The molecule has 0 saturated heterocycles. The monoisotopic (exact) mass is 483 g/mol. The predicted molar refractivity (Wildman–Crippen MR) is 144 cm³/mol. The van der Waals surface area contributed by atoms with E-state index in [1.165, 1.54) is 0 Å². The SMILES string of the molecule is CCCCCC(=O)c1ccc2c(c1)c1cc(C(=O)c3ccc(OC(=O)C(C)C)cc3)ccc1n2CC. The Bertz CT molecular complexity index is 1430. The van der Waals surface area contributed by atoms with Gasteiger partial charge in [0.1, 0.15) is 5.75 Å². The first-order valence-corrected chi connectivity index (χ1v) is 12.8. The van der Waals surface area contributed by atoms with Crippen molar-refractivity contribution in [1.82, 2.24) is 4.57 Å². The number of unbranched alkanes of at least 4 members (excludes halogenated alkanes) is 2. The van der Waals surface area contributed by atoms with E-state index < -0.39 is 0 Å². The molecular formula is C31H33NO4. The highest BCUT2D eigenvalue weighted by atomic mass is 16.5. The molecule has 0 saturated carbocycles. The third-order valence-electron chi connectivity index (χ3n) is 6.58. The lowest BCUT2D eigenvalue weighted by Crippen LogP contribution is -2.14. The van der Waals surface area contributed by atoms with E-state index in [4.69, 9.17) is 4.74 Å². The van der Waals surface area contributed by atoms with E-state index >= 15 is 0 Å². The molecule has 0 aliphatic carbocycles. The van der Waals surface area contributed by atoms with E-state index in [0.717, 1.165) is 53.2 Å². The van der Waals surface area contributed by atoms with Gasteiger partial charge in [-0.2, -0.15) is 0 Å². The number of hydrogen-bond acceptors (Lipinski definition) is 4. The Kier molecular flexibility index (Phi) is 7.68. The topological polar surface area (TPSA) is 65.4 Å². The standard InChI is InChI=1S/C31H33NO4/c1-5-7-8-9-29(33)22-12-16-27-25(18-22)26-19-23(13-17-28(26)32(27)6-2)30(34)21-10-14-24(15-11-21)36-31(35)20(3)4/h10-20H,5-9H2,1-4H3. The van der Waals surface area contributed by atoms with Crippen LogP contribution in [0.25, 0.3) is 21.8 Å². The molecule has 0 atom stereocenters. The fraction of sp³-hybridized carbons (Fsp3) is 0.323. The number of carbonyl (C=O) groups excluding carboxylic acids is 3. The molecule has 0 aliphatic heterocycles. The first-order valence-electron chi connectivity index (χ1n) is 12.8. The molecule has 0 radical (unpaired) electrons. The Hall–Kier alpha value is -3.73. The highest BCUT2D eigenvalue weighted by molar-refractivity contribution is 6.15. The van der Waals surface area contributed by atoms with Crippen LogP contribution in [0.1, 0.15) is 79.7 Å². The molecule has 0 aliphatic rings. The van der Waals surface area contributed by atoms with Crippen molar-refractivity contribution >= 4 is 39.3 Å². The molecule has 3 aromatic carbocycles. The van der Waals surface area contributed by atoms with Crippen LogP contribution in [0.15, 0.2) is 60.7 Å². The maximum atomic E-state index is 13.3. The van der Waals surface area contributed by atoms with Crippen molar-refractivity contribution in [2.24, 2.45) is 5.92 Å². The fourth-order valence-corrected chi connectivity index (χ4v) is 4.51. The number of nitrogens with zero attached hydrogens (tertiary/aromatic N) is 1. The summed E-state index contributed by atoms with van der Waals surface area (Å²) in [4.78, 5) is 37.9. The van der Waals surface area contributed by atoms with Crippen molar-refractivity contribution in [2.75, 3.05) is 0 Å². The molecule has 1 aromatic heterocycles. The Labute approximate surface area is 212 Å². The van der Waals surface area contributed by atoms with Crippen LogP contribution in [0.3, 0.4) is 0 Å². The molecule has 1 heterocycles. The van der Waals surface area contributed by atoms with Crippen molar-refractivity contribution in [3.05, 3.63) is 77.4 Å². The molecule has 0 bridgehead atoms. The zero-order valence-corrected chi connectivity index (χ0v) is 21.5. The van der Waals surface area contributed by atoms with Gasteiger partial charge in [-0.05, 0) is 74.0 Å². The van der Waals surface area contributed by atoms with Gasteiger partial charge in [-0.25, -0.2) is 0 Å². The van der Waals surface area contributed by atoms with Crippen LogP contribution in [-0.2, 0) is 11.3 Å². The van der Waals surface area contributed by atoms with Gasteiger partial charge in [-0.1, -0.05) is 33.6 Å². The lowest BCUT2D eigenvalue weighted by Gasteiger charge is -2.08. The van der Waals surface area contributed by atoms with Crippen molar-refractivity contribution in [2.45, 2.75) is 59.9 Å². The zero-order chi connectivity index (χ0) is 25.8. The maximum absolute atomic E-state index is 13.3. The number of benzene rings is 3. The fourth-order valence-electron chi connectivity index (χ4n) is 4.51. The molecule has 36 heavy (non-hydrogen) atoms.